The van der Waals surface area contributed by atoms with Crippen molar-refractivity contribution < 1.29 is 8.78 Å². The van der Waals surface area contributed by atoms with Crippen molar-refractivity contribution >= 4 is 0 Å². The molecule has 1 heterocycles. The molecule has 0 radical (unpaired) electrons. The number of aromatic nitrogens is 1. The molecule has 1 aromatic heterocycles. The Morgan fingerprint density at radius 1 is 1.26 bits per heavy atom. The van der Waals surface area contributed by atoms with Gasteiger partial charge in [-0.2, -0.15) is 0 Å². The normalized spacial score (nSPS) is 12.4. The molecule has 0 fully saturated rings. The quantitative estimate of drug-likeness (QED) is 0.913. The number of benzene rings is 1. The van der Waals surface area contributed by atoms with E-state index in [2.05, 4.69) is 10.3 Å². The standard InChI is InChI=1S/C15H16F2N2/c1-3-19-15(11-7-10(2)8-18-9-11)12-5-4-6-13(16)14(12)17/h4-9,15,19H,3H2,1-2H3. The van der Waals surface area contributed by atoms with E-state index < -0.39 is 17.7 Å². The van der Waals surface area contributed by atoms with Gasteiger partial charge in [0.05, 0.1) is 6.04 Å². The highest BCUT2D eigenvalue weighted by atomic mass is 19.2. The van der Waals surface area contributed by atoms with Crippen LogP contribution in [-0.2, 0) is 0 Å². The monoisotopic (exact) mass is 262 g/mol. The number of nitrogens with one attached hydrogen (secondary N) is 1. The first-order valence-electron chi connectivity index (χ1n) is 6.22. The summed E-state index contributed by atoms with van der Waals surface area (Å²) in [4.78, 5) is 4.11. The Kier molecular flexibility index (Phi) is 4.22. The van der Waals surface area contributed by atoms with Gasteiger partial charge in [-0.3, -0.25) is 4.98 Å². The molecule has 100 valence electrons. The third kappa shape index (κ3) is 2.96. The molecular weight excluding hydrogens is 246 g/mol. The molecule has 2 aromatic rings. The zero-order valence-electron chi connectivity index (χ0n) is 11.0. The van der Waals surface area contributed by atoms with E-state index in [4.69, 9.17) is 0 Å². The number of hydrogen-bond acceptors (Lipinski definition) is 2. The Bertz CT molecular complexity index is 570. The maximum atomic E-state index is 13.9. The van der Waals surface area contributed by atoms with Gasteiger partial charge in [0.1, 0.15) is 0 Å². The summed E-state index contributed by atoms with van der Waals surface area (Å²) in [5.74, 6) is -1.64. The molecule has 0 spiro atoms. The molecule has 1 N–H and O–H groups in total. The van der Waals surface area contributed by atoms with Crippen LogP contribution in [0.1, 0.15) is 29.7 Å². The minimum absolute atomic E-state index is 0.300. The van der Waals surface area contributed by atoms with Crippen LogP contribution < -0.4 is 5.32 Å². The summed E-state index contributed by atoms with van der Waals surface area (Å²) in [6.45, 7) is 4.49. The van der Waals surface area contributed by atoms with E-state index in [-0.39, 0.29) is 0 Å². The van der Waals surface area contributed by atoms with Crippen LogP contribution in [0, 0.1) is 18.6 Å². The average Bonchev–Trinajstić information content (AvgIpc) is 2.40. The summed E-state index contributed by atoms with van der Waals surface area (Å²) in [5, 5.41) is 3.16. The van der Waals surface area contributed by atoms with Gasteiger partial charge in [-0.15, -0.1) is 0 Å². The molecule has 0 aliphatic rings. The number of halogens is 2. The van der Waals surface area contributed by atoms with E-state index in [1.807, 2.05) is 19.9 Å². The first-order valence-corrected chi connectivity index (χ1v) is 6.22. The van der Waals surface area contributed by atoms with E-state index in [9.17, 15) is 8.78 Å². The first kappa shape index (κ1) is 13.6. The van der Waals surface area contributed by atoms with Crippen LogP contribution in [0.4, 0.5) is 8.78 Å². The van der Waals surface area contributed by atoms with Gasteiger partial charge >= 0.3 is 0 Å². The van der Waals surface area contributed by atoms with Crippen LogP contribution in [0.2, 0.25) is 0 Å². The van der Waals surface area contributed by atoms with Crippen molar-refractivity contribution in [1.29, 1.82) is 0 Å². The number of rotatable bonds is 4. The molecule has 2 nitrogen and oxygen atoms in total. The number of hydrogen-bond donors (Lipinski definition) is 1. The Labute approximate surface area is 111 Å². The lowest BCUT2D eigenvalue weighted by atomic mass is 9.98. The fourth-order valence-electron chi connectivity index (χ4n) is 2.09. The number of pyridine rings is 1. The zero-order chi connectivity index (χ0) is 13.8. The predicted molar refractivity (Wildman–Crippen MR) is 70.9 cm³/mol. The summed E-state index contributed by atoms with van der Waals surface area (Å²) >= 11 is 0. The van der Waals surface area contributed by atoms with Crippen molar-refractivity contribution in [2.45, 2.75) is 19.9 Å². The molecule has 1 atom stereocenters. The highest BCUT2D eigenvalue weighted by Crippen LogP contribution is 2.25. The molecule has 0 bridgehead atoms. The highest BCUT2D eigenvalue weighted by molar-refractivity contribution is 5.33. The van der Waals surface area contributed by atoms with Gasteiger partial charge in [-0.25, -0.2) is 8.78 Å². The molecule has 0 saturated carbocycles. The van der Waals surface area contributed by atoms with E-state index in [0.717, 1.165) is 17.2 Å². The Morgan fingerprint density at radius 3 is 2.74 bits per heavy atom. The lowest BCUT2D eigenvalue weighted by molar-refractivity contribution is 0.483. The van der Waals surface area contributed by atoms with Crippen molar-refractivity contribution in [3.05, 3.63) is 65.0 Å². The molecule has 19 heavy (non-hydrogen) atoms. The summed E-state index contributed by atoms with van der Waals surface area (Å²) in [6, 6.07) is 5.75. The zero-order valence-corrected chi connectivity index (χ0v) is 11.0. The van der Waals surface area contributed by atoms with E-state index in [0.29, 0.717) is 12.1 Å². The maximum absolute atomic E-state index is 13.9. The Morgan fingerprint density at radius 2 is 2.05 bits per heavy atom. The van der Waals surface area contributed by atoms with Gasteiger partial charge in [0, 0.05) is 18.0 Å². The molecular formula is C15H16F2N2. The minimum Gasteiger partial charge on any atom is -0.306 e. The third-order valence-corrected chi connectivity index (χ3v) is 2.93. The van der Waals surface area contributed by atoms with Gasteiger partial charge in [0.15, 0.2) is 11.6 Å². The van der Waals surface area contributed by atoms with Crippen molar-refractivity contribution in [2.75, 3.05) is 6.54 Å². The highest BCUT2D eigenvalue weighted by Gasteiger charge is 2.19. The molecule has 0 aliphatic heterocycles. The summed E-state index contributed by atoms with van der Waals surface area (Å²) < 4.78 is 27.3. The van der Waals surface area contributed by atoms with Crippen molar-refractivity contribution in [1.82, 2.24) is 10.3 Å². The first-order chi connectivity index (χ1) is 9.13. The van der Waals surface area contributed by atoms with Gasteiger partial charge in [-0.05, 0) is 30.7 Å². The molecule has 0 aliphatic carbocycles. The van der Waals surface area contributed by atoms with Crippen LogP contribution in [0.15, 0.2) is 36.7 Å². The SMILES string of the molecule is CCNC(c1cncc(C)c1)c1cccc(F)c1F. The molecule has 0 saturated heterocycles. The average molecular weight is 262 g/mol. The number of aryl methyl sites for hydroxylation is 1. The summed E-state index contributed by atoms with van der Waals surface area (Å²) in [6.07, 6.45) is 3.40. The maximum Gasteiger partial charge on any atom is 0.163 e. The second-order valence-corrected chi connectivity index (χ2v) is 4.43. The lowest BCUT2D eigenvalue weighted by Gasteiger charge is -2.19. The largest absolute Gasteiger partial charge is 0.306 e. The van der Waals surface area contributed by atoms with E-state index in [1.165, 1.54) is 6.07 Å². The second-order valence-electron chi connectivity index (χ2n) is 4.43. The van der Waals surface area contributed by atoms with Crippen LogP contribution in [0.5, 0.6) is 0 Å². The second kappa shape index (κ2) is 5.89. The fraction of sp³-hybridized carbons (Fsp3) is 0.267. The van der Waals surface area contributed by atoms with Crippen molar-refractivity contribution in [3.8, 4) is 0 Å². The van der Waals surface area contributed by atoms with Crippen LogP contribution in [0.3, 0.4) is 0 Å². The topological polar surface area (TPSA) is 24.9 Å². The summed E-state index contributed by atoms with van der Waals surface area (Å²) in [5.41, 5.74) is 2.11. The molecule has 0 amide bonds. The van der Waals surface area contributed by atoms with E-state index in [1.54, 1.807) is 18.5 Å². The lowest BCUT2D eigenvalue weighted by Crippen LogP contribution is -2.23. The van der Waals surface area contributed by atoms with Gasteiger partial charge in [-0.1, -0.05) is 25.1 Å². The molecule has 4 heteroatoms. The predicted octanol–water partition coefficient (Wildman–Crippen LogP) is 3.37. The van der Waals surface area contributed by atoms with Gasteiger partial charge in [0.2, 0.25) is 0 Å². The van der Waals surface area contributed by atoms with Crippen LogP contribution in [0.25, 0.3) is 0 Å². The smallest absolute Gasteiger partial charge is 0.163 e. The van der Waals surface area contributed by atoms with Gasteiger partial charge < -0.3 is 5.32 Å². The number of nitrogens with zero attached hydrogens (tertiary/aromatic N) is 1. The minimum atomic E-state index is -0.832. The molecule has 1 aromatic carbocycles. The van der Waals surface area contributed by atoms with Crippen LogP contribution in [-0.4, -0.2) is 11.5 Å². The molecule has 2 rings (SSSR count). The van der Waals surface area contributed by atoms with E-state index >= 15 is 0 Å². The molecule has 1 unspecified atom stereocenters. The van der Waals surface area contributed by atoms with Crippen molar-refractivity contribution in [2.24, 2.45) is 0 Å². The summed E-state index contributed by atoms with van der Waals surface area (Å²) in [7, 11) is 0. The Hall–Kier alpha value is -1.81. The third-order valence-electron chi connectivity index (χ3n) is 2.93. The Balaban J connectivity index is 2.48. The fourth-order valence-corrected chi connectivity index (χ4v) is 2.09. The van der Waals surface area contributed by atoms with Crippen LogP contribution >= 0.6 is 0 Å². The van der Waals surface area contributed by atoms with Crippen molar-refractivity contribution in [3.63, 3.8) is 0 Å². The van der Waals surface area contributed by atoms with Gasteiger partial charge in [0.25, 0.3) is 0 Å².